The Balaban J connectivity index is 1.59. The maximum Gasteiger partial charge on any atom is 0.269 e. The highest BCUT2D eigenvalue weighted by Gasteiger charge is 2.45. The molecule has 178 valence electrons. The Morgan fingerprint density at radius 3 is 2.29 bits per heavy atom. The number of carbonyl (C=O) groups excluding carboxylic acids is 3. The normalized spacial score (nSPS) is 15.2. The number of ether oxygens (including phenoxy) is 1. The topological polar surface area (TPSA) is 91.0 Å². The van der Waals surface area contributed by atoms with Gasteiger partial charge in [-0.05, 0) is 72.9 Å². The SMILES string of the molecule is COc1ccc(N2C(=O)C(CC(=O)Nc3ccc(F)cc3)N(NC(=O)c3ccccc3)C2=S)cc1. The number of hydrogen-bond acceptors (Lipinski definition) is 5. The molecule has 35 heavy (non-hydrogen) atoms. The van der Waals surface area contributed by atoms with E-state index in [0.717, 1.165) is 0 Å². The molecule has 0 bridgehead atoms. The molecule has 1 unspecified atom stereocenters. The van der Waals surface area contributed by atoms with Gasteiger partial charge in [0, 0.05) is 11.3 Å². The first-order chi connectivity index (χ1) is 16.9. The third kappa shape index (κ3) is 5.28. The first-order valence-electron chi connectivity index (χ1n) is 10.6. The van der Waals surface area contributed by atoms with Crippen LogP contribution in [0.3, 0.4) is 0 Å². The Bertz CT molecular complexity index is 1250. The minimum absolute atomic E-state index is 0.0176. The number of rotatable bonds is 7. The van der Waals surface area contributed by atoms with Gasteiger partial charge in [-0.2, -0.15) is 0 Å². The predicted molar refractivity (Wildman–Crippen MR) is 132 cm³/mol. The fraction of sp³-hybridized carbons (Fsp3) is 0.120. The molecular weight excluding hydrogens is 471 g/mol. The summed E-state index contributed by atoms with van der Waals surface area (Å²) in [6.07, 6.45) is -0.307. The molecule has 10 heteroatoms. The average Bonchev–Trinajstić information content (AvgIpc) is 3.09. The largest absolute Gasteiger partial charge is 0.497 e. The molecule has 0 spiro atoms. The molecule has 4 rings (SSSR count). The van der Waals surface area contributed by atoms with Gasteiger partial charge in [-0.25, -0.2) is 9.40 Å². The van der Waals surface area contributed by atoms with Gasteiger partial charge >= 0.3 is 0 Å². The molecule has 1 saturated heterocycles. The van der Waals surface area contributed by atoms with Gasteiger partial charge in [-0.3, -0.25) is 24.7 Å². The van der Waals surface area contributed by atoms with Crippen LogP contribution >= 0.6 is 12.2 Å². The molecule has 1 atom stereocenters. The van der Waals surface area contributed by atoms with Crippen LogP contribution < -0.4 is 20.4 Å². The number of benzene rings is 3. The van der Waals surface area contributed by atoms with E-state index in [1.54, 1.807) is 54.6 Å². The van der Waals surface area contributed by atoms with Gasteiger partial charge in [0.2, 0.25) is 11.0 Å². The van der Waals surface area contributed by atoms with E-state index in [0.29, 0.717) is 22.7 Å². The van der Waals surface area contributed by atoms with Crippen LogP contribution in [-0.4, -0.2) is 41.0 Å². The third-order valence-electron chi connectivity index (χ3n) is 5.31. The summed E-state index contributed by atoms with van der Waals surface area (Å²) in [4.78, 5) is 40.3. The lowest BCUT2D eigenvalue weighted by Crippen LogP contribution is -2.49. The van der Waals surface area contributed by atoms with E-state index in [1.165, 1.54) is 41.3 Å². The zero-order valence-electron chi connectivity index (χ0n) is 18.6. The van der Waals surface area contributed by atoms with Gasteiger partial charge in [-0.1, -0.05) is 18.2 Å². The predicted octanol–water partition coefficient (Wildman–Crippen LogP) is 3.51. The first-order valence-corrected chi connectivity index (χ1v) is 11.0. The van der Waals surface area contributed by atoms with Gasteiger partial charge in [0.15, 0.2) is 0 Å². The highest BCUT2D eigenvalue weighted by molar-refractivity contribution is 7.80. The van der Waals surface area contributed by atoms with Crippen LogP contribution in [0, 0.1) is 5.82 Å². The summed E-state index contributed by atoms with van der Waals surface area (Å²) >= 11 is 5.54. The quantitative estimate of drug-likeness (QED) is 0.491. The lowest BCUT2D eigenvalue weighted by Gasteiger charge is -2.24. The van der Waals surface area contributed by atoms with Crippen molar-refractivity contribution in [3.63, 3.8) is 0 Å². The second-order valence-electron chi connectivity index (χ2n) is 7.61. The number of nitrogens with zero attached hydrogens (tertiary/aromatic N) is 2. The second kappa shape index (κ2) is 10.3. The second-order valence-corrected chi connectivity index (χ2v) is 7.97. The van der Waals surface area contributed by atoms with Crippen molar-refractivity contribution in [3.05, 3.63) is 90.2 Å². The number of amides is 3. The van der Waals surface area contributed by atoms with Gasteiger partial charge in [0.1, 0.15) is 17.6 Å². The fourth-order valence-electron chi connectivity index (χ4n) is 3.55. The van der Waals surface area contributed by atoms with Crippen molar-refractivity contribution in [2.45, 2.75) is 12.5 Å². The minimum atomic E-state index is -1.10. The molecular formula is C25H21FN4O4S. The summed E-state index contributed by atoms with van der Waals surface area (Å²) in [7, 11) is 1.53. The first kappa shape index (κ1) is 23.8. The number of hydrazine groups is 1. The number of halogens is 1. The van der Waals surface area contributed by atoms with E-state index in [2.05, 4.69) is 10.7 Å². The van der Waals surface area contributed by atoms with Crippen molar-refractivity contribution in [1.82, 2.24) is 10.4 Å². The number of carbonyl (C=O) groups is 3. The van der Waals surface area contributed by atoms with Gasteiger partial charge < -0.3 is 10.1 Å². The molecule has 1 fully saturated rings. The average molecular weight is 493 g/mol. The molecule has 1 aliphatic heterocycles. The highest BCUT2D eigenvalue weighted by Crippen LogP contribution is 2.28. The van der Waals surface area contributed by atoms with Crippen molar-refractivity contribution in [2.24, 2.45) is 0 Å². The summed E-state index contributed by atoms with van der Waals surface area (Å²) in [6, 6.07) is 19.2. The molecule has 8 nitrogen and oxygen atoms in total. The van der Waals surface area contributed by atoms with Crippen LogP contribution in [0.15, 0.2) is 78.9 Å². The van der Waals surface area contributed by atoms with Crippen LogP contribution in [0.5, 0.6) is 5.75 Å². The van der Waals surface area contributed by atoms with Crippen LogP contribution in [0.2, 0.25) is 0 Å². The van der Waals surface area contributed by atoms with Crippen molar-refractivity contribution >= 4 is 46.4 Å². The summed E-state index contributed by atoms with van der Waals surface area (Å²) in [6.45, 7) is 0. The smallest absolute Gasteiger partial charge is 0.269 e. The van der Waals surface area contributed by atoms with Gasteiger partial charge in [0.05, 0.1) is 19.2 Å². The Kier molecular flexibility index (Phi) is 7.02. The zero-order valence-corrected chi connectivity index (χ0v) is 19.4. The molecule has 0 radical (unpaired) electrons. The summed E-state index contributed by atoms with van der Waals surface area (Å²) in [5, 5.41) is 3.87. The Labute approximate surface area is 206 Å². The van der Waals surface area contributed by atoms with E-state index in [9.17, 15) is 18.8 Å². The van der Waals surface area contributed by atoms with Crippen LogP contribution in [0.1, 0.15) is 16.8 Å². The molecule has 1 heterocycles. The molecule has 3 amide bonds. The van der Waals surface area contributed by atoms with Crippen molar-refractivity contribution in [1.29, 1.82) is 0 Å². The van der Waals surface area contributed by atoms with Crippen molar-refractivity contribution in [3.8, 4) is 5.75 Å². The molecule has 1 aliphatic rings. The molecule has 0 aliphatic carbocycles. The lowest BCUT2D eigenvalue weighted by atomic mass is 10.1. The van der Waals surface area contributed by atoms with Crippen LogP contribution in [0.4, 0.5) is 15.8 Å². The maximum absolute atomic E-state index is 13.4. The van der Waals surface area contributed by atoms with Gasteiger partial charge in [0.25, 0.3) is 11.8 Å². The van der Waals surface area contributed by atoms with E-state index in [4.69, 9.17) is 17.0 Å². The number of anilines is 2. The Morgan fingerprint density at radius 1 is 1.00 bits per heavy atom. The fourth-order valence-corrected chi connectivity index (χ4v) is 3.92. The number of hydrogen-bond donors (Lipinski definition) is 2. The minimum Gasteiger partial charge on any atom is -0.497 e. The standard InChI is InChI=1S/C25H21FN4O4S/c1-34-20-13-11-19(12-14-20)29-24(33)21(15-22(31)27-18-9-7-17(26)8-10-18)30(25(29)35)28-23(32)16-5-3-2-4-6-16/h2-14,21H,15H2,1H3,(H,27,31)(H,28,32). The molecule has 3 aromatic rings. The van der Waals surface area contributed by atoms with E-state index < -0.39 is 29.6 Å². The lowest BCUT2D eigenvalue weighted by molar-refractivity contribution is -0.124. The summed E-state index contributed by atoms with van der Waals surface area (Å²) in [5.41, 5.74) is 3.85. The Morgan fingerprint density at radius 2 is 1.66 bits per heavy atom. The van der Waals surface area contributed by atoms with Crippen molar-refractivity contribution in [2.75, 3.05) is 17.3 Å². The summed E-state index contributed by atoms with van der Waals surface area (Å²) < 4.78 is 18.3. The summed E-state index contributed by atoms with van der Waals surface area (Å²) in [5.74, 6) is -1.32. The Hall–Kier alpha value is -4.31. The van der Waals surface area contributed by atoms with Crippen LogP contribution in [-0.2, 0) is 9.59 Å². The van der Waals surface area contributed by atoms with Crippen molar-refractivity contribution < 1.29 is 23.5 Å². The van der Waals surface area contributed by atoms with E-state index in [-0.39, 0.29) is 11.5 Å². The molecule has 0 saturated carbocycles. The van der Waals surface area contributed by atoms with Gasteiger partial charge in [-0.15, -0.1) is 0 Å². The maximum atomic E-state index is 13.4. The number of thiocarbonyl (C=S) groups is 1. The van der Waals surface area contributed by atoms with E-state index in [1.807, 2.05) is 0 Å². The number of methoxy groups -OCH3 is 1. The molecule has 3 aromatic carbocycles. The van der Waals surface area contributed by atoms with Crippen LogP contribution in [0.25, 0.3) is 0 Å². The molecule has 0 aromatic heterocycles. The third-order valence-corrected chi connectivity index (χ3v) is 5.69. The zero-order chi connectivity index (χ0) is 24.9. The number of nitrogens with one attached hydrogen (secondary N) is 2. The van der Waals surface area contributed by atoms with E-state index >= 15 is 0 Å². The molecule has 2 N–H and O–H groups in total. The monoisotopic (exact) mass is 492 g/mol. The highest BCUT2D eigenvalue weighted by atomic mass is 32.1.